The minimum Gasteiger partial charge on any atom is -0.433 e. The van der Waals surface area contributed by atoms with Gasteiger partial charge in [0.05, 0.1) is 0 Å². The minimum absolute atomic E-state index is 0.0860. The number of rotatable bonds is 6. The highest BCUT2D eigenvalue weighted by Gasteiger charge is 2.71. The van der Waals surface area contributed by atoms with Crippen molar-refractivity contribution in [3.05, 3.63) is 70.8 Å². The molecular weight excluding hydrogens is 455 g/mol. The highest BCUT2D eigenvalue weighted by atomic mass is 28.5. The SMILES string of the molecule is C[Si](C)(C)C([Si](C)(C)C)([Si](C)(C)O)[Si](C)(c1ccccc1)c1ccccc1.O=[N+]([O-])O. The predicted molar refractivity (Wildman–Crippen MR) is 142 cm³/mol. The van der Waals surface area contributed by atoms with Gasteiger partial charge < -0.3 is 10.0 Å². The lowest BCUT2D eigenvalue weighted by atomic mass is 10.4. The first-order chi connectivity index (χ1) is 13.9. The molecule has 9 heteroatoms. The second-order valence-electron chi connectivity index (χ2n) is 10.9. The van der Waals surface area contributed by atoms with Gasteiger partial charge in [-0.05, 0) is 17.0 Å². The maximum absolute atomic E-state index is 12.1. The molecule has 0 amide bonds. The van der Waals surface area contributed by atoms with Gasteiger partial charge in [0.2, 0.25) is 0 Å². The summed E-state index contributed by atoms with van der Waals surface area (Å²) < 4.78 is 0.0860. The Hall–Kier alpha value is -1.53. The molecule has 2 aromatic rings. The van der Waals surface area contributed by atoms with E-state index in [1.54, 1.807) is 0 Å². The van der Waals surface area contributed by atoms with Crippen LogP contribution in [0.1, 0.15) is 0 Å². The smallest absolute Gasteiger partial charge is 0.291 e. The first-order valence-corrected chi connectivity index (χ1v) is 23.1. The Morgan fingerprint density at radius 2 is 0.968 bits per heavy atom. The summed E-state index contributed by atoms with van der Waals surface area (Å²) in [4.78, 5) is 20.5. The van der Waals surface area contributed by atoms with E-state index in [1.807, 2.05) is 0 Å². The zero-order valence-electron chi connectivity index (χ0n) is 20.4. The molecule has 0 aliphatic heterocycles. The van der Waals surface area contributed by atoms with Gasteiger partial charge in [-0.3, -0.25) is 0 Å². The van der Waals surface area contributed by atoms with Gasteiger partial charge in [0.25, 0.3) is 5.09 Å². The molecule has 0 atom stereocenters. The van der Waals surface area contributed by atoms with Crippen LogP contribution in [0.15, 0.2) is 60.7 Å². The van der Waals surface area contributed by atoms with Crippen molar-refractivity contribution in [2.24, 2.45) is 0 Å². The molecule has 0 saturated heterocycles. The largest absolute Gasteiger partial charge is 0.433 e. The zero-order valence-corrected chi connectivity index (χ0v) is 24.4. The molecule has 5 nitrogen and oxygen atoms in total. The molecule has 0 fully saturated rings. The minimum atomic E-state index is -2.52. The fraction of sp³-hybridized carbons (Fsp3) is 0.455. The molecule has 0 aromatic heterocycles. The van der Waals surface area contributed by atoms with Crippen molar-refractivity contribution >= 4 is 42.9 Å². The van der Waals surface area contributed by atoms with Crippen molar-refractivity contribution in [3.8, 4) is 0 Å². The number of hydrogen-bond donors (Lipinski definition) is 2. The second kappa shape index (κ2) is 9.53. The Kier molecular flexibility index (Phi) is 8.46. The molecule has 2 rings (SSSR count). The van der Waals surface area contributed by atoms with Gasteiger partial charge in [-0.1, -0.05) is 117 Å². The molecule has 0 spiro atoms. The summed E-state index contributed by atoms with van der Waals surface area (Å²) in [5, 5.41) is 16.6. The number of nitrogens with zero attached hydrogens (tertiary/aromatic N) is 1. The average molecular weight is 494 g/mol. The van der Waals surface area contributed by atoms with Crippen LogP contribution in [0.3, 0.4) is 0 Å². The molecule has 31 heavy (non-hydrogen) atoms. The van der Waals surface area contributed by atoms with Gasteiger partial charge in [0, 0.05) is 16.1 Å². The van der Waals surface area contributed by atoms with Crippen LogP contribution in [0.5, 0.6) is 0 Å². The van der Waals surface area contributed by atoms with Crippen LogP contribution in [0.4, 0.5) is 0 Å². The topological polar surface area (TPSA) is 83.6 Å². The quantitative estimate of drug-likeness (QED) is 0.345. The van der Waals surface area contributed by atoms with E-state index < -0.39 is 37.6 Å². The monoisotopic (exact) mass is 493 g/mol. The van der Waals surface area contributed by atoms with E-state index in [4.69, 9.17) is 15.3 Å². The number of benzene rings is 2. The lowest BCUT2D eigenvalue weighted by Crippen LogP contribution is -2.83. The van der Waals surface area contributed by atoms with Gasteiger partial charge in [0.1, 0.15) is 8.07 Å². The van der Waals surface area contributed by atoms with Crippen LogP contribution in [0.25, 0.3) is 0 Å². The van der Waals surface area contributed by atoms with Crippen molar-refractivity contribution in [2.45, 2.75) is 62.8 Å². The first kappa shape index (κ1) is 27.5. The predicted octanol–water partition coefficient (Wildman–Crippen LogP) is 4.76. The summed E-state index contributed by atoms with van der Waals surface area (Å²) in [5.74, 6) is 0. The molecule has 2 N–H and O–H groups in total. The van der Waals surface area contributed by atoms with Crippen LogP contribution < -0.4 is 10.4 Å². The molecule has 0 aliphatic carbocycles. The zero-order chi connectivity index (χ0) is 24.3. The lowest BCUT2D eigenvalue weighted by Gasteiger charge is -2.65. The maximum Gasteiger partial charge on any atom is 0.291 e. The molecule has 172 valence electrons. The third kappa shape index (κ3) is 5.11. The molecule has 2 aromatic carbocycles. The Morgan fingerprint density at radius 1 is 0.710 bits per heavy atom. The van der Waals surface area contributed by atoms with Crippen LogP contribution in [0.2, 0.25) is 62.8 Å². The molecule has 0 aliphatic rings. The summed E-state index contributed by atoms with van der Waals surface area (Å²) in [6.45, 7) is 22.2. The van der Waals surface area contributed by atoms with Gasteiger partial charge in [0.15, 0.2) is 8.32 Å². The van der Waals surface area contributed by atoms with Crippen LogP contribution in [-0.2, 0) is 0 Å². The number of hydrogen-bond acceptors (Lipinski definition) is 3. The van der Waals surface area contributed by atoms with Gasteiger partial charge in [-0.25, -0.2) is 0 Å². The third-order valence-electron chi connectivity index (χ3n) is 6.62. The molecule has 0 heterocycles. The summed E-state index contributed by atoms with van der Waals surface area (Å²) in [5.41, 5.74) is 0. The van der Waals surface area contributed by atoms with E-state index >= 15 is 0 Å². The van der Waals surface area contributed by atoms with E-state index in [1.165, 1.54) is 10.4 Å². The Morgan fingerprint density at radius 3 is 1.16 bits per heavy atom. The molecular formula is C22H39NO4Si4. The standard InChI is InChI=1S/C22H38OSi4.HNO3/c1-24(2,3)22(25(4,5)6,26(7,8)23)27(9,20-16-12-10-13-17-20)21-18-14-11-15-19-21;2-1(3)4/h10-19,23H,1-9H3;(H,2,3,4). The van der Waals surface area contributed by atoms with E-state index in [-0.39, 0.29) is 3.91 Å². The van der Waals surface area contributed by atoms with Crippen LogP contribution in [0, 0.1) is 10.1 Å². The molecule has 0 bridgehead atoms. The normalized spacial score (nSPS) is 13.2. The Balaban J connectivity index is 0.00000110. The fourth-order valence-electron chi connectivity index (χ4n) is 7.21. The van der Waals surface area contributed by atoms with Crippen molar-refractivity contribution < 1.29 is 15.1 Å². The van der Waals surface area contributed by atoms with E-state index in [9.17, 15) is 4.80 Å². The Labute approximate surface area is 191 Å². The molecule has 0 radical (unpaired) electrons. The van der Waals surface area contributed by atoms with Crippen molar-refractivity contribution in [3.63, 3.8) is 0 Å². The van der Waals surface area contributed by atoms with E-state index in [0.717, 1.165) is 0 Å². The van der Waals surface area contributed by atoms with Gasteiger partial charge >= 0.3 is 0 Å². The molecule has 0 unspecified atom stereocenters. The highest BCUT2D eigenvalue weighted by Crippen LogP contribution is 2.58. The summed E-state index contributed by atoms with van der Waals surface area (Å²) in [7, 11) is -8.32. The summed E-state index contributed by atoms with van der Waals surface area (Å²) in [6, 6.07) is 22.4. The van der Waals surface area contributed by atoms with Gasteiger partial charge in [-0.2, -0.15) is 0 Å². The van der Waals surface area contributed by atoms with Crippen molar-refractivity contribution in [1.29, 1.82) is 0 Å². The van der Waals surface area contributed by atoms with E-state index in [2.05, 4.69) is 120 Å². The maximum atomic E-state index is 12.1. The lowest BCUT2D eigenvalue weighted by molar-refractivity contribution is -0.742. The van der Waals surface area contributed by atoms with E-state index in [0.29, 0.717) is 0 Å². The third-order valence-corrected chi connectivity index (χ3v) is 40.9. The average Bonchev–Trinajstić information content (AvgIpc) is 2.59. The summed E-state index contributed by atoms with van der Waals surface area (Å²) in [6.07, 6.45) is 0. The second-order valence-corrected chi connectivity index (χ2v) is 32.4. The summed E-state index contributed by atoms with van der Waals surface area (Å²) >= 11 is 0. The Bertz CT molecular complexity index is 778. The first-order valence-electron chi connectivity index (χ1n) is 10.6. The van der Waals surface area contributed by atoms with Crippen molar-refractivity contribution in [1.82, 2.24) is 0 Å². The highest BCUT2D eigenvalue weighted by molar-refractivity contribution is 7.34. The van der Waals surface area contributed by atoms with Gasteiger partial charge in [-0.15, -0.1) is 10.1 Å². The molecule has 0 saturated carbocycles. The van der Waals surface area contributed by atoms with Crippen LogP contribution in [-0.4, -0.2) is 47.6 Å². The van der Waals surface area contributed by atoms with Crippen molar-refractivity contribution in [2.75, 3.05) is 0 Å². The fourth-order valence-corrected chi connectivity index (χ4v) is 53.3. The van der Waals surface area contributed by atoms with Crippen LogP contribution >= 0.6 is 0 Å².